The number of rotatable bonds is 7. The second-order valence-corrected chi connectivity index (χ2v) is 12.2. The number of likely N-dealkylation sites (tertiary alicyclic amines) is 1. The number of carbonyl (C=O) groups is 4. The minimum absolute atomic E-state index is 0.0603. The maximum absolute atomic E-state index is 14.6. The van der Waals surface area contributed by atoms with Gasteiger partial charge in [0.15, 0.2) is 0 Å². The van der Waals surface area contributed by atoms with E-state index >= 15 is 0 Å². The monoisotopic (exact) mass is 622 g/mol. The fraction of sp³-hybridized carbons (Fsp3) is 0.576. The Labute approximate surface area is 262 Å². The van der Waals surface area contributed by atoms with Crippen molar-refractivity contribution in [3.05, 3.63) is 60.2 Å². The zero-order valence-corrected chi connectivity index (χ0v) is 25.4. The van der Waals surface area contributed by atoms with Crippen molar-refractivity contribution in [2.24, 2.45) is 11.8 Å². The second kappa shape index (κ2) is 13.8. The third kappa shape index (κ3) is 6.29. The Bertz CT molecular complexity index is 1310. The van der Waals surface area contributed by atoms with Gasteiger partial charge in [-0.15, -0.1) is 0 Å². The molecule has 12 heteroatoms. The summed E-state index contributed by atoms with van der Waals surface area (Å²) in [7, 11) is 0. The number of allylic oxidation sites excluding steroid dienone is 1. The first-order valence-corrected chi connectivity index (χ1v) is 16.0. The molecule has 45 heavy (non-hydrogen) atoms. The number of aliphatic hydroxyl groups is 1. The minimum Gasteiger partial charge on any atom is -0.463 e. The van der Waals surface area contributed by atoms with E-state index in [4.69, 9.17) is 14.2 Å². The van der Waals surface area contributed by atoms with E-state index < -0.39 is 47.5 Å². The molecule has 12 nitrogen and oxygen atoms in total. The first-order valence-electron chi connectivity index (χ1n) is 16.0. The van der Waals surface area contributed by atoms with Crippen molar-refractivity contribution in [2.45, 2.75) is 43.1 Å². The van der Waals surface area contributed by atoms with Gasteiger partial charge < -0.3 is 34.4 Å². The van der Waals surface area contributed by atoms with Crippen LogP contribution in [0.3, 0.4) is 0 Å². The summed E-state index contributed by atoms with van der Waals surface area (Å²) >= 11 is 0. The summed E-state index contributed by atoms with van der Waals surface area (Å²) in [5, 5.41) is 12.7. The molecule has 242 valence electrons. The number of hydrogen-bond donors (Lipinski definition) is 2. The number of nitrogens with zero attached hydrogens (tertiary/aromatic N) is 3. The van der Waals surface area contributed by atoms with Gasteiger partial charge in [0.1, 0.15) is 18.2 Å². The number of benzene rings is 1. The average Bonchev–Trinajstić information content (AvgIpc) is 3.70. The molecular weight excluding hydrogens is 580 g/mol. The molecule has 0 saturated carbocycles. The van der Waals surface area contributed by atoms with Gasteiger partial charge in [-0.05, 0) is 18.4 Å². The fourth-order valence-corrected chi connectivity index (χ4v) is 7.22. The molecule has 1 aromatic rings. The summed E-state index contributed by atoms with van der Waals surface area (Å²) in [6.45, 7) is 4.09. The molecule has 3 amide bonds. The fourth-order valence-electron chi connectivity index (χ4n) is 7.22. The molecule has 0 aromatic heterocycles. The molecule has 0 aliphatic carbocycles. The molecular formula is C33H42N4O8. The zero-order valence-electron chi connectivity index (χ0n) is 25.4. The number of nitrogens with one attached hydrogen (secondary N) is 1. The smallest absolute Gasteiger partial charge is 0.306 e. The number of amides is 3. The number of cyclic esters (lactones) is 1. The molecule has 5 heterocycles. The Morgan fingerprint density at radius 1 is 0.978 bits per heavy atom. The summed E-state index contributed by atoms with van der Waals surface area (Å²) in [6, 6.07) is 7.62. The van der Waals surface area contributed by atoms with E-state index in [0.717, 1.165) is 18.7 Å². The van der Waals surface area contributed by atoms with Gasteiger partial charge in [0.2, 0.25) is 17.7 Å². The van der Waals surface area contributed by atoms with Gasteiger partial charge in [-0.2, -0.15) is 0 Å². The maximum atomic E-state index is 14.6. The predicted octanol–water partition coefficient (Wildman–Crippen LogP) is 0.431. The van der Waals surface area contributed by atoms with Crippen LogP contribution in [0.15, 0.2) is 54.6 Å². The number of morpholine rings is 1. The molecule has 1 spiro atoms. The number of fused-ring (bicyclic) bond motifs is 2. The highest BCUT2D eigenvalue weighted by molar-refractivity contribution is 6.00. The van der Waals surface area contributed by atoms with E-state index in [-0.39, 0.29) is 51.0 Å². The molecule has 6 rings (SSSR count). The Hall–Kier alpha value is -3.58. The zero-order chi connectivity index (χ0) is 31.4. The van der Waals surface area contributed by atoms with Gasteiger partial charge in [-0.3, -0.25) is 24.1 Å². The first kappa shape index (κ1) is 31.4. The Balaban J connectivity index is 1.34. The Morgan fingerprint density at radius 2 is 1.78 bits per heavy atom. The quantitative estimate of drug-likeness (QED) is 0.328. The molecule has 1 aromatic carbocycles. The molecule has 0 radical (unpaired) electrons. The van der Waals surface area contributed by atoms with E-state index in [2.05, 4.69) is 10.2 Å². The number of esters is 1. The van der Waals surface area contributed by atoms with Crippen molar-refractivity contribution in [1.82, 2.24) is 20.0 Å². The summed E-state index contributed by atoms with van der Waals surface area (Å²) in [5.41, 5.74) is -0.544. The predicted molar refractivity (Wildman–Crippen MR) is 161 cm³/mol. The van der Waals surface area contributed by atoms with Crippen LogP contribution in [0.2, 0.25) is 0 Å². The highest BCUT2D eigenvalue weighted by Crippen LogP contribution is 2.55. The standard InChI is InChI=1S/C33H42N4O8/c38-19-7-14-37-29-32(42)36(16-15-35-17-20-43-21-18-35)13-6-2-5-10-26(39)44-22-24(23-8-3-1-4-9-23)34-30(40)27-25-11-12-33(29,45-25)28(27)31(37)41/h1-4,6,8-9,11-12,24-25,27-29,38H,5,7,10,13-22H2,(H,34,40)/b6-2-/t24-,25-,27+,28+,29-,33+/m0/s1. The second-order valence-electron chi connectivity index (χ2n) is 12.2. The number of carbonyl (C=O) groups excluding carboxylic acids is 4. The van der Waals surface area contributed by atoms with Gasteiger partial charge in [0, 0.05) is 52.3 Å². The van der Waals surface area contributed by atoms with E-state index in [1.54, 1.807) is 17.1 Å². The summed E-state index contributed by atoms with van der Waals surface area (Å²) in [4.78, 5) is 61.0. The molecule has 6 atom stereocenters. The molecule has 5 bridgehead atoms. The van der Waals surface area contributed by atoms with Crippen LogP contribution in [0.4, 0.5) is 0 Å². The van der Waals surface area contributed by atoms with Crippen molar-refractivity contribution >= 4 is 23.7 Å². The van der Waals surface area contributed by atoms with Crippen LogP contribution in [-0.4, -0.2) is 127 Å². The molecule has 3 fully saturated rings. The van der Waals surface area contributed by atoms with Crippen LogP contribution in [0.25, 0.3) is 0 Å². The van der Waals surface area contributed by atoms with Gasteiger partial charge >= 0.3 is 5.97 Å². The third-order valence-electron chi connectivity index (χ3n) is 9.51. The SMILES string of the molecule is O=C1CC/C=C\CN(CCN2CCOCC2)C(=O)[C@@H]2N(CCCO)C(=O)[C@H]3[C@H](C(=O)N[C@H](c4ccccc4)CO1)[C@@H]1C=C[C@]23O1. The van der Waals surface area contributed by atoms with E-state index in [0.29, 0.717) is 32.7 Å². The number of ether oxygens (including phenoxy) is 3. The van der Waals surface area contributed by atoms with Crippen LogP contribution in [0, 0.1) is 11.8 Å². The van der Waals surface area contributed by atoms with Crippen LogP contribution in [0.5, 0.6) is 0 Å². The minimum atomic E-state index is -1.31. The molecule has 3 saturated heterocycles. The average molecular weight is 623 g/mol. The lowest BCUT2D eigenvalue weighted by molar-refractivity contribution is -0.148. The Morgan fingerprint density at radius 3 is 2.56 bits per heavy atom. The van der Waals surface area contributed by atoms with Crippen LogP contribution < -0.4 is 5.32 Å². The van der Waals surface area contributed by atoms with E-state index in [1.165, 1.54) is 4.90 Å². The van der Waals surface area contributed by atoms with Crippen LogP contribution in [-0.2, 0) is 33.4 Å². The number of aliphatic hydroxyl groups excluding tert-OH is 1. The first-order chi connectivity index (χ1) is 21.9. The Kier molecular flexibility index (Phi) is 9.64. The maximum Gasteiger partial charge on any atom is 0.306 e. The van der Waals surface area contributed by atoms with Crippen LogP contribution >= 0.6 is 0 Å². The van der Waals surface area contributed by atoms with Gasteiger partial charge in [-0.25, -0.2) is 0 Å². The highest BCUT2D eigenvalue weighted by Gasteiger charge is 2.73. The topological polar surface area (TPSA) is 138 Å². The lowest BCUT2D eigenvalue weighted by Gasteiger charge is -2.37. The lowest BCUT2D eigenvalue weighted by Crippen LogP contribution is -2.57. The highest BCUT2D eigenvalue weighted by atomic mass is 16.5. The van der Waals surface area contributed by atoms with Gasteiger partial charge in [0.05, 0.1) is 37.2 Å². The van der Waals surface area contributed by atoms with Gasteiger partial charge in [-0.1, -0.05) is 54.6 Å². The normalized spacial score (nSPS) is 33.3. The largest absolute Gasteiger partial charge is 0.463 e. The van der Waals surface area contributed by atoms with Crippen molar-refractivity contribution < 1.29 is 38.5 Å². The van der Waals surface area contributed by atoms with Gasteiger partial charge in [0.25, 0.3) is 0 Å². The molecule has 5 aliphatic heterocycles. The van der Waals surface area contributed by atoms with Crippen molar-refractivity contribution in [1.29, 1.82) is 0 Å². The molecule has 2 N–H and O–H groups in total. The number of hydrogen-bond acceptors (Lipinski definition) is 9. The summed E-state index contributed by atoms with van der Waals surface area (Å²) < 4.78 is 17.6. The van der Waals surface area contributed by atoms with E-state index in [9.17, 15) is 24.3 Å². The molecule has 5 aliphatic rings. The summed E-state index contributed by atoms with van der Waals surface area (Å²) in [6.07, 6.45) is 7.51. The summed E-state index contributed by atoms with van der Waals surface area (Å²) in [5.74, 6) is -3.18. The van der Waals surface area contributed by atoms with Crippen molar-refractivity contribution in [3.63, 3.8) is 0 Å². The van der Waals surface area contributed by atoms with E-state index in [1.807, 2.05) is 42.5 Å². The molecule has 0 unspecified atom stereocenters. The van der Waals surface area contributed by atoms with Crippen molar-refractivity contribution in [2.75, 3.05) is 65.7 Å². The lowest BCUT2D eigenvalue weighted by atomic mass is 9.74. The third-order valence-corrected chi connectivity index (χ3v) is 9.51. The van der Waals surface area contributed by atoms with Crippen LogP contribution in [0.1, 0.15) is 30.9 Å². The van der Waals surface area contributed by atoms with Crippen molar-refractivity contribution in [3.8, 4) is 0 Å².